The minimum Gasteiger partial charge on any atom is -0.390 e. The fourth-order valence-electron chi connectivity index (χ4n) is 2.57. The third kappa shape index (κ3) is 1.10. The Morgan fingerprint density at radius 1 is 1.27 bits per heavy atom. The first-order valence-corrected chi connectivity index (χ1v) is 4.74. The van der Waals surface area contributed by atoms with Crippen LogP contribution in [0.2, 0.25) is 0 Å². The molecule has 0 unspecified atom stereocenters. The second-order valence-electron chi connectivity index (χ2n) is 5.11. The van der Waals surface area contributed by atoms with Crippen molar-refractivity contribution >= 4 is 0 Å². The number of aliphatic hydroxyl groups is 1. The van der Waals surface area contributed by atoms with Crippen LogP contribution in [0.5, 0.6) is 0 Å². The van der Waals surface area contributed by atoms with Crippen LogP contribution in [-0.4, -0.2) is 10.7 Å². The van der Waals surface area contributed by atoms with Gasteiger partial charge in [0.15, 0.2) is 0 Å². The van der Waals surface area contributed by atoms with Gasteiger partial charge in [-0.05, 0) is 50.9 Å². The van der Waals surface area contributed by atoms with E-state index in [2.05, 4.69) is 0 Å². The zero-order valence-electron chi connectivity index (χ0n) is 7.56. The molecule has 0 aromatic heterocycles. The minimum absolute atomic E-state index is 0.416. The molecule has 0 amide bonds. The Kier molecular flexibility index (Phi) is 1.39. The predicted octanol–water partition coefficient (Wildman–Crippen LogP) is 2.34. The third-order valence-electron chi connectivity index (χ3n) is 3.77. The van der Waals surface area contributed by atoms with Gasteiger partial charge in [-0.1, -0.05) is 6.42 Å². The highest BCUT2D eigenvalue weighted by molar-refractivity contribution is 5.03. The second-order valence-corrected chi connectivity index (χ2v) is 5.11. The van der Waals surface area contributed by atoms with Gasteiger partial charge in [-0.2, -0.15) is 0 Å². The quantitative estimate of drug-likeness (QED) is 0.614. The van der Waals surface area contributed by atoms with E-state index in [0.717, 1.165) is 0 Å². The van der Waals surface area contributed by atoms with Crippen molar-refractivity contribution in [1.82, 2.24) is 0 Å². The molecule has 0 heterocycles. The standard InChI is InChI=1S/C10H18O/c1-9(2,11)8-6-10(7-8)4-3-5-10/h8,11H,3-7H2,1-2H3. The summed E-state index contributed by atoms with van der Waals surface area (Å²) in [6.07, 6.45) is 6.87. The fourth-order valence-corrected chi connectivity index (χ4v) is 2.57. The lowest BCUT2D eigenvalue weighted by Gasteiger charge is -2.57. The summed E-state index contributed by atoms with van der Waals surface area (Å²) in [6, 6.07) is 0. The summed E-state index contributed by atoms with van der Waals surface area (Å²) >= 11 is 0. The van der Waals surface area contributed by atoms with Gasteiger partial charge in [-0.25, -0.2) is 0 Å². The van der Waals surface area contributed by atoms with Crippen LogP contribution < -0.4 is 0 Å². The number of rotatable bonds is 1. The molecule has 0 aliphatic heterocycles. The smallest absolute Gasteiger partial charge is 0.0620 e. The zero-order valence-corrected chi connectivity index (χ0v) is 7.56. The topological polar surface area (TPSA) is 20.2 Å². The highest BCUT2D eigenvalue weighted by atomic mass is 16.3. The van der Waals surface area contributed by atoms with Gasteiger partial charge in [0.2, 0.25) is 0 Å². The van der Waals surface area contributed by atoms with E-state index >= 15 is 0 Å². The van der Waals surface area contributed by atoms with Crippen molar-refractivity contribution in [3.05, 3.63) is 0 Å². The van der Waals surface area contributed by atoms with Gasteiger partial charge in [0.05, 0.1) is 5.60 Å². The maximum atomic E-state index is 9.69. The van der Waals surface area contributed by atoms with Gasteiger partial charge >= 0.3 is 0 Å². The van der Waals surface area contributed by atoms with Gasteiger partial charge < -0.3 is 5.11 Å². The maximum absolute atomic E-state index is 9.69. The summed E-state index contributed by atoms with van der Waals surface area (Å²) in [5.74, 6) is 0.586. The van der Waals surface area contributed by atoms with E-state index in [1.165, 1.54) is 32.1 Å². The summed E-state index contributed by atoms with van der Waals surface area (Å²) < 4.78 is 0. The average Bonchev–Trinajstić information content (AvgIpc) is 1.49. The van der Waals surface area contributed by atoms with Crippen molar-refractivity contribution < 1.29 is 5.11 Å². The fraction of sp³-hybridized carbons (Fsp3) is 1.00. The molecule has 64 valence electrons. The Labute approximate surface area is 68.8 Å². The molecular weight excluding hydrogens is 136 g/mol. The third-order valence-corrected chi connectivity index (χ3v) is 3.77. The lowest BCUT2D eigenvalue weighted by molar-refractivity contribution is -0.118. The second kappa shape index (κ2) is 2.01. The van der Waals surface area contributed by atoms with Crippen LogP contribution >= 0.6 is 0 Å². The Morgan fingerprint density at radius 3 is 2.09 bits per heavy atom. The van der Waals surface area contributed by atoms with Crippen LogP contribution in [-0.2, 0) is 0 Å². The van der Waals surface area contributed by atoms with E-state index < -0.39 is 5.60 Å². The molecule has 0 bridgehead atoms. The molecule has 2 aliphatic rings. The lowest BCUT2D eigenvalue weighted by Crippen LogP contribution is -2.50. The molecule has 0 aromatic carbocycles. The van der Waals surface area contributed by atoms with E-state index in [-0.39, 0.29) is 0 Å². The van der Waals surface area contributed by atoms with Crippen molar-refractivity contribution in [3.8, 4) is 0 Å². The van der Waals surface area contributed by atoms with Gasteiger partial charge in [0.1, 0.15) is 0 Å². The largest absolute Gasteiger partial charge is 0.390 e. The van der Waals surface area contributed by atoms with E-state index in [0.29, 0.717) is 11.3 Å². The minimum atomic E-state index is -0.416. The van der Waals surface area contributed by atoms with Gasteiger partial charge in [-0.3, -0.25) is 0 Å². The monoisotopic (exact) mass is 154 g/mol. The molecule has 2 aliphatic carbocycles. The molecule has 1 heteroatoms. The predicted molar refractivity (Wildman–Crippen MR) is 45.3 cm³/mol. The lowest BCUT2D eigenvalue weighted by atomic mass is 9.49. The molecule has 0 atom stereocenters. The van der Waals surface area contributed by atoms with E-state index in [1.807, 2.05) is 13.8 Å². The first-order chi connectivity index (χ1) is 5.02. The summed E-state index contributed by atoms with van der Waals surface area (Å²) in [6.45, 7) is 3.90. The Morgan fingerprint density at radius 2 is 1.82 bits per heavy atom. The van der Waals surface area contributed by atoms with Gasteiger partial charge in [0.25, 0.3) is 0 Å². The summed E-state index contributed by atoms with van der Waals surface area (Å²) in [5, 5.41) is 9.69. The Balaban J connectivity index is 1.88. The Hall–Kier alpha value is -0.0400. The molecule has 1 N–H and O–H groups in total. The van der Waals surface area contributed by atoms with Crippen LogP contribution in [0.4, 0.5) is 0 Å². The first-order valence-electron chi connectivity index (χ1n) is 4.74. The molecule has 2 fully saturated rings. The van der Waals surface area contributed by atoms with Crippen molar-refractivity contribution in [1.29, 1.82) is 0 Å². The molecule has 0 aromatic rings. The molecule has 0 saturated heterocycles. The summed E-state index contributed by atoms with van der Waals surface area (Å²) in [4.78, 5) is 0. The molecule has 2 rings (SSSR count). The normalized spacial score (nSPS) is 29.7. The van der Waals surface area contributed by atoms with E-state index in [9.17, 15) is 5.11 Å². The summed E-state index contributed by atoms with van der Waals surface area (Å²) in [5.41, 5.74) is 0.297. The average molecular weight is 154 g/mol. The summed E-state index contributed by atoms with van der Waals surface area (Å²) in [7, 11) is 0. The van der Waals surface area contributed by atoms with Crippen LogP contribution in [0.15, 0.2) is 0 Å². The first kappa shape index (κ1) is 7.60. The molecule has 1 nitrogen and oxygen atoms in total. The molecular formula is C10H18O. The van der Waals surface area contributed by atoms with Crippen molar-refractivity contribution in [2.45, 2.75) is 51.6 Å². The van der Waals surface area contributed by atoms with E-state index in [1.54, 1.807) is 0 Å². The molecule has 0 radical (unpaired) electrons. The van der Waals surface area contributed by atoms with E-state index in [4.69, 9.17) is 0 Å². The highest BCUT2D eigenvalue weighted by Gasteiger charge is 2.52. The molecule has 2 saturated carbocycles. The van der Waals surface area contributed by atoms with Crippen molar-refractivity contribution in [2.75, 3.05) is 0 Å². The number of hydrogen-bond acceptors (Lipinski definition) is 1. The molecule has 11 heavy (non-hydrogen) atoms. The van der Waals surface area contributed by atoms with Crippen LogP contribution in [0.25, 0.3) is 0 Å². The van der Waals surface area contributed by atoms with Gasteiger partial charge in [-0.15, -0.1) is 0 Å². The highest BCUT2D eigenvalue weighted by Crippen LogP contribution is 2.60. The van der Waals surface area contributed by atoms with Crippen molar-refractivity contribution in [3.63, 3.8) is 0 Å². The van der Waals surface area contributed by atoms with Crippen LogP contribution in [0, 0.1) is 11.3 Å². The van der Waals surface area contributed by atoms with Crippen molar-refractivity contribution in [2.24, 2.45) is 11.3 Å². The zero-order chi connectivity index (χ0) is 8.11. The Bertz CT molecular complexity index is 154. The van der Waals surface area contributed by atoms with Gasteiger partial charge in [0, 0.05) is 0 Å². The SMILES string of the molecule is CC(C)(O)C1CC2(CCC2)C1. The van der Waals surface area contributed by atoms with Crippen LogP contribution in [0.1, 0.15) is 46.0 Å². The molecule has 1 spiro atoms. The maximum Gasteiger partial charge on any atom is 0.0620 e. The number of hydrogen-bond donors (Lipinski definition) is 1. The van der Waals surface area contributed by atoms with Crippen LogP contribution in [0.3, 0.4) is 0 Å².